The lowest BCUT2D eigenvalue weighted by Gasteiger charge is -1.92. The molecule has 0 unspecified atom stereocenters. The van der Waals surface area contributed by atoms with Crippen molar-refractivity contribution in [2.75, 3.05) is 5.73 Å². The smallest absolute Gasteiger partial charge is 0.185 e. The predicted molar refractivity (Wildman–Crippen MR) is 33.0 cm³/mol. The lowest BCUT2D eigenvalue weighted by Crippen LogP contribution is -1.99. The highest BCUT2D eigenvalue weighted by Crippen LogP contribution is 1.99. The van der Waals surface area contributed by atoms with Gasteiger partial charge in [-0.25, -0.2) is 4.98 Å². The fraction of sp³-hybridized carbons (Fsp3) is 0.200. The van der Waals surface area contributed by atoms with Gasteiger partial charge in [0.2, 0.25) is 0 Å². The van der Waals surface area contributed by atoms with Crippen LogP contribution in [-0.4, -0.2) is 15.8 Å². The summed E-state index contributed by atoms with van der Waals surface area (Å²) in [7, 11) is 1.69. The maximum Gasteiger partial charge on any atom is 0.185 e. The van der Waals surface area contributed by atoms with Crippen molar-refractivity contribution in [2.45, 2.75) is 0 Å². The second-order valence-corrected chi connectivity index (χ2v) is 1.72. The van der Waals surface area contributed by atoms with Crippen molar-refractivity contribution < 1.29 is 4.79 Å². The van der Waals surface area contributed by atoms with E-state index in [1.54, 1.807) is 7.05 Å². The Morgan fingerprint density at radius 3 is 2.78 bits per heavy atom. The number of nitrogens with two attached hydrogens (primary N) is 1. The molecule has 0 aliphatic heterocycles. The third-order valence-electron chi connectivity index (χ3n) is 1.17. The Labute approximate surface area is 52.3 Å². The average molecular weight is 125 g/mol. The van der Waals surface area contributed by atoms with E-state index in [0.29, 0.717) is 17.9 Å². The molecule has 0 saturated heterocycles. The van der Waals surface area contributed by atoms with Gasteiger partial charge in [-0.2, -0.15) is 0 Å². The van der Waals surface area contributed by atoms with E-state index in [4.69, 9.17) is 5.73 Å². The van der Waals surface area contributed by atoms with Gasteiger partial charge in [0, 0.05) is 7.05 Å². The van der Waals surface area contributed by atoms with Crippen molar-refractivity contribution in [3.05, 3.63) is 12.0 Å². The Morgan fingerprint density at radius 2 is 2.56 bits per heavy atom. The number of imidazole rings is 1. The summed E-state index contributed by atoms with van der Waals surface area (Å²) in [5, 5.41) is 0. The summed E-state index contributed by atoms with van der Waals surface area (Å²) in [5.74, 6) is 0.851. The van der Waals surface area contributed by atoms with Crippen LogP contribution in [0.15, 0.2) is 6.20 Å². The maximum absolute atomic E-state index is 10.1. The highest BCUT2D eigenvalue weighted by molar-refractivity contribution is 5.70. The van der Waals surface area contributed by atoms with Crippen LogP contribution in [0.1, 0.15) is 10.6 Å². The van der Waals surface area contributed by atoms with E-state index < -0.39 is 0 Å². The van der Waals surface area contributed by atoms with Crippen LogP contribution in [0.2, 0.25) is 0 Å². The monoisotopic (exact) mass is 125 g/mol. The third-order valence-corrected chi connectivity index (χ3v) is 1.17. The van der Waals surface area contributed by atoms with Gasteiger partial charge < -0.3 is 10.3 Å². The number of anilines is 1. The van der Waals surface area contributed by atoms with E-state index in [9.17, 15) is 4.79 Å². The first-order chi connectivity index (χ1) is 4.25. The minimum atomic E-state index is 0.354. The number of aldehydes is 1. The number of nitrogens with zero attached hydrogens (tertiary/aromatic N) is 2. The topological polar surface area (TPSA) is 60.9 Å². The van der Waals surface area contributed by atoms with Crippen LogP contribution in [0.25, 0.3) is 0 Å². The molecule has 1 aromatic rings. The number of carbonyl (C=O) groups excluding carboxylic acids is 1. The molecular weight excluding hydrogens is 118 g/mol. The molecular formula is C5H7N3O. The highest BCUT2D eigenvalue weighted by Gasteiger charge is 1.98. The Balaban J connectivity index is 3.18. The molecule has 1 aromatic heterocycles. The molecule has 2 N–H and O–H groups in total. The third kappa shape index (κ3) is 0.782. The fourth-order valence-corrected chi connectivity index (χ4v) is 0.547. The van der Waals surface area contributed by atoms with Gasteiger partial charge in [-0.1, -0.05) is 0 Å². The first-order valence-corrected chi connectivity index (χ1v) is 2.48. The lowest BCUT2D eigenvalue weighted by molar-refractivity contribution is 0.111. The molecule has 0 aliphatic rings. The zero-order valence-electron chi connectivity index (χ0n) is 5.03. The van der Waals surface area contributed by atoms with Crippen molar-refractivity contribution in [1.29, 1.82) is 0 Å². The summed E-state index contributed by atoms with van der Waals surface area (Å²) < 4.78 is 1.52. The predicted octanol–water partition coefficient (Wildman–Crippen LogP) is -0.185. The molecule has 1 heterocycles. The molecule has 9 heavy (non-hydrogen) atoms. The number of hydrogen-bond acceptors (Lipinski definition) is 3. The largest absolute Gasteiger partial charge is 0.384 e. The van der Waals surface area contributed by atoms with Gasteiger partial charge in [-0.3, -0.25) is 4.79 Å². The van der Waals surface area contributed by atoms with Crippen molar-refractivity contribution in [1.82, 2.24) is 9.55 Å². The van der Waals surface area contributed by atoms with Crippen molar-refractivity contribution in [2.24, 2.45) is 7.05 Å². The van der Waals surface area contributed by atoms with Crippen LogP contribution < -0.4 is 5.73 Å². The van der Waals surface area contributed by atoms with Gasteiger partial charge in [-0.15, -0.1) is 0 Å². The second kappa shape index (κ2) is 1.89. The van der Waals surface area contributed by atoms with Crippen LogP contribution in [0.4, 0.5) is 5.82 Å². The maximum atomic E-state index is 10.1. The van der Waals surface area contributed by atoms with Gasteiger partial charge in [0.25, 0.3) is 0 Å². The summed E-state index contributed by atoms with van der Waals surface area (Å²) in [4.78, 5) is 13.8. The van der Waals surface area contributed by atoms with Gasteiger partial charge >= 0.3 is 0 Å². The number of rotatable bonds is 1. The van der Waals surface area contributed by atoms with Crippen molar-refractivity contribution in [3.8, 4) is 0 Å². The minimum Gasteiger partial charge on any atom is -0.384 e. The van der Waals surface area contributed by atoms with Crippen LogP contribution in [0, 0.1) is 0 Å². The molecule has 0 amide bonds. The molecule has 0 fully saturated rings. The number of carbonyl (C=O) groups is 1. The second-order valence-electron chi connectivity index (χ2n) is 1.72. The normalized spacial score (nSPS) is 9.44. The van der Waals surface area contributed by atoms with Crippen LogP contribution in [-0.2, 0) is 7.05 Å². The summed E-state index contributed by atoms with van der Waals surface area (Å²) in [6.07, 6.45) is 2.11. The first kappa shape index (κ1) is 5.81. The van der Waals surface area contributed by atoms with Gasteiger partial charge in [0.15, 0.2) is 12.1 Å². The molecule has 4 nitrogen and oxygen atoms in total. The lowest BCUT2D eigenvalue weighted by atomic mass is 10.7. The molecule has 0 spiro atoms. The van der Waals surface area contributed by atoms with Crippen molar-refractivity contribution >= 4 is 12.1 Å². The summed E-state index contributed by atoms with van der Waals surface area (Å²) in [5.41, 5.74) is 5.36. The molecule has 0 saturated carbocycles. The quantitative estimate of drug-likeness (QED) is 0.529. The standard InChI is InChI=1S/C5H7N3O/c1-8-4(6)2-7-5(8)3-9/h2-3H,6H2,1H3. The molecule has 1 rings (SSSR count). The molecule has 0 radical (unpaired) electrons. The van der Waals surface area contributed by atoms with Crippen LogP contribution in [0.5, 0.6) is 0 Å². The Hall–Kier alpha value is -1.32. The van der Waals surface area contributed by atoms with Gasteiger partial charge in [-0.05, 0) is 0 Å². The molecule has 0 aliphatic carbocycles. The molecule has 0 aromatic carbocycles. The average Bonchev–Trinajstić information content (AvgIpc) is 2.15. The number of hydrogen-bond donors (Lipinski definition) is 1. The molecule has 0 atom stereocenters. The van der Waals surface area contributed by atoms with E-state index in [0.717, 1.165) is 0 Å². The Bertz CT molecular complexity index is 228. The number of nitrogen functional groups attached to an aromatic ring is 1. The molecule has 48 valence electrons. The zero-order valence-corrected chi connectivity index (χ0v) is 5.03. The zero-order chi connectivity index (χ0) is 6.85. The number of aromatic nitrogens is 2. The van der Waals surface area contributed by atoms with E-state index in [-0.39, 0.29) is 0 Å². The molecule has 0 bridgehead atoms. The fourth-order valence-electron chi connectivity index (χ4n) is 0.547. The van der Waals surface area contributed by atoms with E-state index in [1.165, 1.54) is 10.8 Å². The highest BCUT2D eigenvalue weighted by atomic mass is 16.1. The van der Waals surface area contributed by atoms with E-state index in [1.807, 2.05) is 0 Å². The van der Waals surface area contributed by atoms with E-state index >= 15 is 0 Å². The summed E-state index contributed by atoms with van der Waals surface area (Å²) in [6.45, 7) is 0. The van der Waals surface area contributed by atoms with Crippen LogP contribution >= 0.6 is 0 Å². The minimum absolute atomic E-state index is 0.354. The van der Waals surface area contributed by atoms with Crippen LogP contribution in [0.3, 0.4) is 0 Å². The van der Waals surface area contributed by atoms with Gasteiger partial charge in [0.1, 0.15) is 5.82 Å². The molecule has 4 heteroatoms. The van der Waals surface area contributed by atoms with Gasteiger partial charge in [0.05, 0.1) is 6.20 Å². The first-order valence-electron chi connectivity index (χ1n) is 2.48. The summed E-state index contributed by atoms with van der Waals surface area (Å²) in [6, 6.07) is 0. The summed E-state index contributed by atoms with van der Waals surface area (Å²) >= 11 is 0. The SMILES string of the molecule is Cn1c(N)cnc1C=O. The Morgan fingerprint density at radius 1 is 1.89 bits per heavy atom. The van der Waals surface area contributed by atoms with E-state index in [2.05, 4.69) is 4.98 Å². The Kier molecular flexibility index (Phi) is 1.22. The van der Waals surface area contributed by atoms with Crippen molar-refractivity contribution in [3.63, 3.8) is 0 Å².